The normalized spacial score (nSPS) is 21.5. The van der Waals surface area contributed by atoms with Gasteiger partial charge in [-0.2, -0.15) is 0 Å². The highest BCUT2D eigenvalue weighted by Crippen LogP contribution is 2.21. The Bertz CT molecular complexity index is 417. The summed E-state index contributed by atoms with van der Waals surface area (Å²) in [5.41, 5.74) is 2.42. The van der Waals surface area contributed by atoms with Gasteiger partial charge in [0, 0.05) is 31.7 Å². The molecule has 1 saturated heterocycles. The molecule has 2 heterocycles. The fourth-order valence-electron chi connectivity index (χ4n) is 3.12. The lowest BCUT2D eigenvalue weighted by atomic mass is 10.1. The van der Waals surface area contributed by atoms with Crippen LogP contribution in [0, 0.1) is 0 Å². The van der Waals surface area contributed by atoms with E-state index in [1.807, 2.05) is 6.20 Å². The van der Waals surface area contributed by atoms with Crippen LogP contribution in [0.2, 0.25) is 0 Å². The summed E-state index contributed by atoms with van der Waals surface area (Å²) < 4.78 is 0. The second kappa shape index (κ2) is 7.76. The summed E-state index contributed by atoms with van der Waals surface area (Å²) in [6.45, 7) is 10.9. The average molecular weight is 290 g/mol. The molecule has 1 aromatic heterocycles. The van der Waals surface area contributed by atoms with Gasteiger partial charge in [-0.25, -0.2) is 0 Å². The number of rotatable bonds is 6. The molecule has 4 heteroatoms. The van der Waals surface area contributed by atoms with Crippen molar-refractivity contribution in [1.29, 1.82) is 0 Å². The first-order valence-electron chi connectivity index (χ1n) is 8.34. The van der Waals surface area contributed by atoms with Gasteiger partial charge in [-0.05, 0) is 38.6 Å². The third-order valence-corrected chi connectivity index (χ3v) is 4.60. The number of aromatic nitrogens is 1. The molecule has 0 bridgehead atoms. The Labute approximate surface area is 129 Å². The fourth-order valence-corrected chi connectivity index (χ4v) is 3.12. The highest BCUT2D eigenvalue weighted by atomic mass is 15.3. The third-order valence-electron chi connectivity index (χ3n) is 4.60. The zero-order chi connectivity index (χ0) is 15.2. The SMILES string of the molecule is CCNC(CC)c1ccc(N2CCN(C)C(CC)C2)cn1. The van der Waals surface area contributed by atoms with Crippen molar-refractivity contribution in [3.63, 3.8) is 0 Å². The van der Waals surface area contributed by atoms with Crippen LogP contribution in [0.25, 0.3) is 0 Å². The van der Waals surface area contributed by atoms with Gasteiger partial charge in [-0.1, -0.05) is 20.8 Å². The van der Waals surface area contributed by atoms with E-state index in [-0.39, 0.29) is 0 Å². The quantitative estimate of drug-likeness (QED) is 0.873. The zero-order valence-electron chi connectivity index (χ0n) is 14.0. The predicted octanol–water partition coefficient (Wildman–Crippen LogP) is 2.67. The minimum atomic E-state index is 0.375. The number of hydrogen-bond donors (Lipinski definition) is 1. The third kappa shape index (κ3) is 3.95. The Morgan fingerprint density at radius 1 is 1.29 bits per heavy atom. The molecule has 2 atom stereocenters. The Hall–Kier alpha value is -1.13. The molecule has 0 radical (unpaired) electrons. The lowest BCUT2D eigenvalue weighted by molar-refractivity contribution is 0.213. The van der Waals surface area contributed by atoms with Crippen LogP contribution in [-0.4, -0.2) is 49.2 Å². The van der Waals surface area contributed by atoms with E-state index in [4.69, 9.17) is 4.98 Å². The summed E-state index contributed by atoms with van der Waals surface area (Å²) in [7, 11) is 2.23. The van der Waals surface area contributed by atoms with Crippen molar-refractivity contribution in [2.75, 3.05) is 38.1 Å². The summed E-state index contributed by atoms with van der Waals surface area (Å²) in [4.78, 5) is 9.64. The van der Waals surface area contributed by atoms with Gasteiger partial charge in [0.15, 0.2) is 0 Å². The lowest BCUT2D eigenvalue weighted by Crippen LogP contribution is -2.51. The predicted molar refractivity (Wildman–Crippen MR) is 89.9 cm³/mol. The van der Waals surface area contributed by atoms with E-state index in [0.29, 0.717) is 12.1 Å². The van der Waals surface area contributed by atoms with Crippen LogP contribution in [0.4, 0.5) is 5.69 Å². The average Bonchev–Trinajstić information content (AvgIpc) is 2.53. The first-order valence-corrected chi connectivity index (χ1v) is 8.34. The van der Waals surface area contributed by atoms with Gasteiger partial charge in [0.2, 0.25) is 0 Å². The smallest absolute Gasteiger partial charge is 0.0574 e. The number of likely N-dealkylation sites (N-methyl/N-ethyl adjacent to an activating group) is 1. The molecule has 0 aromatic carbocycles. The van der Waals surface area contributed by atoms with Crippen molar-refractivity contribution in [2.24, 2.45) is 0 Å². The van der Waals surface area contributed by atoms with Crippen molar-refractivity contribution < 1.29 is 0 Å². The van der Waals surface area contributed by atoms with Gasteiger partial charge < -0.3 is 10.2 Å². The molecule has 2 rings (SSSR count). The minimum absolute atomic E-state index is 0.375. The van der Waals surface area contributed by atoms with Crippen molar-refractivity contribution in [3.05, 3.63) is 24.0 Å². The summed E-state index contributed by atoms with van der Waals surface area (Å²) in [6.07, 6.45) is 4.33. The molecule has 4 nitrogen and oxygen atoms in total. The summed E-state index contributed by atoms with van der Waals surface area (Å²) in [5, 5.41) is 3.49. The van der Waals surface area contributed by atoms with Crippen LogP contribution in [0.1, 0.15) is 45.3 Å². The van der Waals surface area contributed by atoms with Crippen LogP contribution in [0.15, 0.2) is 18.3 Å². The monoisotopic (exact) mass is 290 g/mol. The molecule has 1 N–H and O–H groups in total. The molecule has 118 valence electrons. The van der Waals surface area contributed by atoms with E-state index < -0.39 is 0 Å². The van der Waals surface area contributed by atoms with Gasteiger partial charge in [0.05, 0.1) is 17.6 Å². The van der Waals surface area contributed by atoms with Gasteiger partial charge in [0.25, 0.3) is 0 Å². The Balaban J connectivity index is 2.05. The van der Waals surface area contributed by atoms with Crippen LogP contribution >= 0.6 is 0 Å². The first-order chi connectivity index (χ1) is 10.2. The Kier molecular flexibility index (Phi) is 6.00. The van der Waals surface area contributed by atoms with Gasteiger partial charge in [0.1, 0.15) is 0 Å². The van der Waals surface area contributed by atoms with Crippen LogP contribution in [0.5, 0.6) is 0 Å². The molecular formula is C17H30N4. The van der Waals surface area contributed by atoms with Crippen molar-refractivity contribution in [3.8, 4) is 0 Å². The van der Waals surface area contributed by atoms with Crippen molar-refractivity contribution in [2.45, 2.75) is 45.7 Å². The molecule has 21 heavy (non-hydrogen) atoms. The van der Waals surface area contributed by atoms with Crippen LogP contribution < -0.4 is 10.2 Å². The fraction of sp³-hybridized carbons (Fsp3) is 0.706. The molecule has 2 unspecified atom stereocenters. The van der Waals surface area contributed by atoms with E-state index >= 15 is 0 Å². The van der Waals surface area contributed by atoms with E-state index in [2.05, 4.69) is 55.1 Å². The maximum atomic E-state index is 4.70. The van der Waals surface area contributed by atoms with Gasteiger partial charge in [-0.3, -0.25) is 9.88 Å². The van der Waals surface area contributed by atoms with Crippen LogP contribution in [-0.2, 0) is 0 Å². The number of nitrogens with zero attached hydrogens (tertiary/aromatic N) is 3. The van der Waals surface area contributed by atoms with Gasteiger partial charge >= 0.3 is 0 Å². The maximum absolute atomic E-state index is 4.70. The number of hydrogen-bond acceptors (Lipinski definition) is 4. The molecule has 0 saturated carbocycles. The maximum Gasteiger partial charge on any atom is 0.0574 e. The number of nitrogens with one attached hydrogen (secondary N) is 1. The minimum Gasteiger partial charge on any atom is -0.367 e. The van der Waals surface area contributed by atoms with E-state index in [1.165, 1.54) is 12.1 Å². The van der Waals surface area contributed by atoms with Crippen molar-refractivity contribution >= 4 is 5.69 Å². The molecule has 1 fully saturated rings. The first kappa shape index (κ1) is 16.2. The largest absolute Gasteiger partial charge is 0.367 e. The second-order valence-corrected chi connectivity index (χ2v) is 5.95. The number of piperazine rings is 1. The Morgan fingerprint density at radius 2 is 2.10 bits per heavy atom. The van der Waals surface area contributed by atoms with E-state index in [0.717, 1.165) is 38.3 Å². The van der Waals surface area contributed by atoms with Crippen LogP contribution in [0.3, 0.4) is 0 Å². The summed E-state index contributed by atoms with van der Waals surface area (Å²) >= 11 is 0. The number of anilines is 1. The topological polar surface area (TPSA) is 31.4 Å². The lowest BCUT2D eigenvalue weighted by Gasteiger charge is -2.40. The molecule has 0 amide bonds. The highest BCUT2D eigenvalue weighted by Gasteiger charge is 2.23. The van der Waals surface area contributed by atoms with E-state index in [9.17, 15) is 0 Å². The zero-order valence-corrected chi connectivity index (χ0v) is 14.0. The molecule has 0 aliphatic carbocycles. The highest BCUT2D eigenvalue weighted by molar-refractivity contribution is 5.45. The molecular weight excluding hydrogens is 260 g/mol. The van der Waals surface area contributed by atoms with Gasteiger partial charge in [-0.15, -0.1) is 0 Å². The number of pyridine rings is 1. The molecule has 1 aromatic rings. The molecule has 1 aliphatic rings. The summed E-state index contributed by atoms with van der Waals surface area (Å²) in [5.74, 6) is 0. The van der Waals surface area contributed by atoms with Crippen molar-refractivity contribution in [1.82, 2.24) is 15.2 Å². The Morgan fingerprint density at radius 3 is 2.67 bits per heavy atom. The molecule has 0 spiro atoms. The standard InChI is InChI=1S/C17H30N4/c1-5-14-13-21(11-10-20(14)4)15-8-9-17(19-12-15)16(6-2)18-7-3/h8-9,12,14,16,18H,5-7,10-11,13H2,1-4H3. The second-order valence-electron chi connectivity index (χ2n) is 5.95. The van der Waals surface area contributed by atoms with E-state index in [1.54, 1.807) is 0 Å². The molecule has 1 aliphatic heterocycles. The summed E-state index contributed by atoms with van der Waals surface area (Å²) in [6, 6.07) is 5.45.